The van der Waals surface area contributed by atoms with Crippen LogP contribution in [0.25, 0.3) is 0 Å². The minimum absolute atomic E-state index is 0.0725. The van der Waals surface area contributed by atoms with E-state index in [1.807, 2.05) is 13.1 Å². The van der Waals surface area contributed by atoms with Gasteiger partial charge in [0.25, 0.3) is 0 Å². The van der Waals surface area contributed by atoms with Crippen LogP contribution < -0.4 is 0 Å². The van der Waals surface area contributed by atoms with Crippen molar-refractivity contribution in [2.75, 3.05) is 6.26 Å². The van der Waals surface area contributed by atoms with Crippen molar-refractivity contribution in [3.63, 3.8) is 0 Å². The average molecular weight is 292 g/mol. The number of aryl methyl sites for hydroxylation is 2. The Kier molecular flexibility index (Phi) is 4.04. The zero-order valence-electron chi connectivity index (χ0n) is 11.4. The fourth-order valence-corrected chi connectivity index (χ4v) is 2.60. The molecule has 0 saturated carbocycles. The predicted molar refractivity (Wildman–Crippen MR) is 75.4 cm³/mol. The van der Waals surface area contributed by atoms with Gasteiger partial charge in [0.05, 0.1) is 4.90 Å². The molecule has 0 aliphatic rings. The number of carbonyl (C=O) groups excluding carboxylic acids is 1. The van der Waals surface area contributed by atoms with Crippen molar-refractivity contribution in [2.24, 2.45) is 7.05 Å². The lowest BCUT2D eigenvalue weighted by atomic mass is 10.1. The van der Waals surface area contributed by atoms with Crippen LogP contribution in [0.3, 0.4) is 0 Å². The van der Waals surface area contributed by atoms with Gasteiger partial charge >= 0.3 is 0 Å². The number of hydrogen-bond donors (Lipinski definition) is 0. The molecule has 106 valence electrons. The van der Waals surface area contributed by atoms with E-state index in [0.29, 0.717) is 18.4 Å². The SMILES string of the molecule is Cn1nccc1CCC(=O)c1cccc(S(C)(=O)=O)c1. The summed E-state index contributed by atoms with van der Waals surface area (Å²) in [5.41, 5.74) is 1.40. The van der Waals surface area contributed by atoms with Gasteiger partial charge in [0.1, 0.15) is 0 Å². The highest BCUT2D eigenvalue weighted by molar-refractivity contribution is 7.90. The quantitative estimate of drug-likeness (QED) is 0.786. The molecule has 0 N–H and O–H groups in total. The Morgan fingerprint density at radius 2 is 2.05 bits per heavy atom. The van der Waals surface area contributed by atoms with Crippen molar-refractivity contribution >= 4 is 15.6 Å². The minimum atomic E-state index is -3.29. The highest BCUT2D eigenvalue weighted by Crippen LogP contribution is 2.14. The molecule has 1 aromatic carbocycles. The van der Waals surface area contributed by atoms with Gasteiger partial charge in [-0.2, -0.15) is 5.10 Å². The van der Waals surface area contributed by atoms with Gasteiger partial charge < -0.3 is 0 Å². The van der Waals surface area contributed by atoms with Gasteiger partial charge in [0.15, 0.2) is 15.6 Å². The molecular formula is C14H16N2O3S. The third kappa shape index (κ3) is 3.33. The second-order valence-electron chi connectivity index (χ2n) is 4.67. The number of benzene rings is 1. The van der Waals surface area contributed by atoms with Crippen molar-refractivity contribution in [1.29, 1.82) is 0 Å². The zero-order chi connectivity index (χ0) is 14.8. The van der Waals surface area contributed by atoms with E-state index in [4.69, 9.17) is 0 Å². The number of aromatic nitrogens is 2. The van der Waals surface area contributed by atoms with Crippen LogP contribution in [0.5, 0.6) is 0 Å². The third-order valence-corrected chi connectivity index (χ3v) is 4.23. The average Bonchev–Trinajstić information content (AvgIpc) is 2.81. The zero-order valence-corrected chi connectivity index (χ0v) is 12.2. The largest absolute Gasteiger partial charge is 0.294 e. The minimum Gasteiger partial charge on any atom is -0.294 e. The van der Waals surface area contributed by atoms with E-state index in [2.05, 4.69) is 5.10 Å². The molecule has 1 heterocycles. The first-order chi connectivity index (χ1) is 9.38. The lowest BCUT2D eigenvalue weighted by Gasteiger charge is -2.04. The first-order valence-electron chi connectivity index (χ1n) is 6.18. The first-order valence-corrected chi connectivity index (χ1v) is 8.07. The molecule has 0 atom stereocenters. The molecule has 0 bridgehead atoms. The van der Waals surface area contributed by atoms with Crippen LogP contribution >= 0.6 is 0 Å². The van der Waals surface area contributed by atoms with Gasteiger partial charge in [-0.1, -0.05) is 12.1 Å². The van der Waals surface area contributed by atoms with E-state index in [-0.39, 0.29) is 10.7 Å². The molecule has 0 aliphatic carbocycles. The molecule has 0 saturated heterocycles. The summed E-state index contributed by atoms with van der Waals surface area (Å²) < 4.78 is 24.7. The normalized spacial score (nSPS) is 11.5. The summed E-state index contributed by atoms with van der Waals surface area (Å²) in [4.78, 5) is 12.3. The highest BCUT2D eigenvalue weighted by atomic mass is 32.2. The van der Waals surface area contributed by atoms with E-state index in [9.17, 15) is 13.2 Å². The van der Waals surface area contributed by atoms with E-state index >= 15 is 0 Å². The summed E-state index contributed by atoms with van der Waals surface area (Å²) in [5, 5.41) is 4.04. The van der Waals surface area contributed by atoms with Crippen LogP contribution in [0, 0.1) is 0 Å². The Morgan fingerprint density at radius 3 is 2.65 bits per heavy atom. The van der Waals surface area contributed by atoms with Crippen LogP contribution in [0.15, 0.2) is 41.4 Å². The maximum atomic E-state index is 12.1. The molecule has 0 aliphatic heterocycles. The molecule has 6 heteroatoms. The fraction of sp³-hybridized carbons (Fsp3) is 0.286. The van der Waals surface area contributed by atoms with Gasteiger partial charge in [-0.3, -0.25) is 9.48 Å². The molecule has 0 spiro atoms. The van der Waals surface area contributed by atoms with Gasteiger partial charge in [0.2, 0.25) is 0 Å². The summed E-state index contributed by atoms with van der Waals surface area (Å²) >= 11 is 0. The fourth-order valence-electron chi connectivity index (χ4n) is 1.93. The molecule has 0 amide bonds. The molecule has 5 nitrogen and oxygen atoms in total. The summed E-state index contributed by atoms with van der Waals surface area (Å²) in [6.45, 7) is 0. The monoisotopic (exact) mass is 292 g/mol. The molecular weight excluding hydrogens is 276 g/mol. The molecule has 2 aromatic rings. The number of sulfone groups is 1. The van der Waals surface area contributed by atoms with Crippen molar-refractivity contribution in [3.8, 4) is 0 Å². The Balaban J connectivity index is 2.12. The Labute approximate surface area is 118 Å². The molecule has 2 rings (SSSR count). The summed E-state index contributed by atoms with van der Waals surface area (Å²) in [6.07, 6.45) is 3.72. The Bertz CT molecular complexity index is 732. The number of carbonyl (C=O) groups is 1. The molecule has 1 aromatic heterocycles. The van der Waals surface area contributed by atoms with Crippen LogP contribution in [-0.2, 0) is 23.3 Å². The van der Waals surface area contributed by atoms with Crippen molar-refractivity contribution < 1.29 is 13.2 Å². The number of hydrogen-bond acceptors (Lipinski definition) is 4. The summed E-state index contributed by atoms with van der Waals surface area (Å²) in [7, 11) is -1.47. The number of rotatable bonds is 5. The maximum Gasteiger partial charge on any atom is 0.175 e. The number of ketones is 1. The molecule has 20 heavy (non-hydrogen) atoms. The van der Waals surface area contributed by atoms with Crippen LogP contribution in [-0.4, -0.2) is 30.2 Å². The Hall–Kier alpha value is -1.95. The van der Waals surface area contributed by atoms with E-state index in [1.54, 1.807) is 23.0 Å². The molecule has 0 fully saturated rings. The van der Waals surface area contributed by atoms with Gasteiger partial charge in [-0.15, -0.1) is 0 Å². The lowest BCUT2D eigenvalue weighted by Crippen LogP contribution is -2.06. The smallest absolute Gasteiger partial charge is 0.175 e. The van der Waals surface area contributed by atoms with Crippen LogP contribution in [0.2, 0.25) is 0 Å². The third-order valence-electron chi connectivity index (χ3n) is 3.11. The number of Topliss-reactive ketones (excluding diaryl/α,β-unsaturated/α-hetero) is 1. The standard InChI is InChI=1S/C14H16N2O3S/c1-16-12(8-9-15-16)6-7-14(17)11-4-3-5-13(10-11)20(2,18)19/h3-5,8-10H,6-7H2,1-2H3. The van der Waals surface area contributed by atoms with Crippen LogP contribution in [0.1, 0.15) is 22.5 Å². The van der Waals surface area contributed by atoms with E-state index in [1.165, 1.54) is 12.1 Å². The first kappa shape index (κ1) is 14.5. The van der Waals surface area contributed by atoms with Gasteiger partial charge in [0, 0.05) is 37.2 Å². The van der Waals surface area contributed by atoms with Crippen molar-refractivity contribution in [1.82, 2.24) is 9.78 Å². The second-order valence-corrected chi connectivity index (χ2v) is 6.69. The van der Waals surface area contributed by atoms with Crippen molar-refractivity contribution in [3.05, 3.63) is 47.8 Å². The lowest BCUT2D eigenvalue weighted by molar-refractivity contribution is 0.0982. The van der Waals surface area contributed by atoms with Gasteiger partial charge in [-0.25, -0.2) is 8.42 Å². The second kappa shape index (κ2) is 5.58. The van der Waals surface area contributed by atoms with Gasteiger partial charge in [-0.05, 0) is 24.6 Å². The molecule has 0 unspecified atom stereocenters. The highest BCUT2D eigenvalue weighted by Gasteiger charge is 2.12. The van der Waals surface area contributed by atoms with Crippen molar-refractivity contribution in [2.45, 2.75) is 17.7 Å². The summed E-state index contributed by atoms with van der Waals surface area (Å²) in [5.74, 6) is -0.0725. The summed E-state index contributed by atoms with van der Waals surface area (Å²) in [6, 6.07) is 8.02. The topological polar surface area (TPSA) is 69.0 Å². The maximum absolute atomic E-state index is 12.1. The molecule has 0 radical (unpaired) electrons. The van der Waals surface area contributed by atoms with E-state index < -0.39 is 9.84 Å². The van der Waals surface area contributed by atoms with Crippen LogP contribution in [0.4, 0.5) is 0 Å². The number of nitrogens with zero attached hydrogens (tertiary/aromatic N) is 2. The Morgan fingerprint density at radius 1 is 1.30 bits per heavy atom. The predicted octanol–water partition coefficient (Wildman–Crippen LogP) is 1.64. The van der Waals surface area contributed by atoms with E-state index in [0.717, 1.165) is 11.9 Å².